The lowest BCUT2D eigenvalue weighted by molar-refractivity contribution is 0.625. The van der Waals surface area contributed by atoms with Crippen LogP contribution >= 0.6 is 0 Å². The lowest BCUT2D eigenvalue weighted by atomic mass is 10.3. The maximum atomic E-state index is 13.1. The monoisotopic (exact) mass is 220 g/mol. The van der Waals surface area contributed by atoms with Crippen LogP contribution in [0.4, 0.5) is 16.0 Å². The number of nitrogens with zero attached hydrogens (tertiary/aromatic N) is 3. The highest BCUT2D eigenvalue weighted by molar-refractivity contribution is 5.52. The van der Waals surface area contributed by atoms with Crippen LogP contribution in [0.5, 0.6) is 0 Å². The van der Waals surface area contributed by atoms with E-state index in [0.717, 1.165) is 5.82 Å². The number of hydrogen-bond donors (Lipinski definition) is 1. The van der Waals surface area contributed by atoms with E-state index in [4.69, 9.17) is 5.73 Å². The van der Waals surface area contributed by atoms with Gasteiger partial charge in [-0.25, -0.2) is 9.07 Å². The zero-order valence-corrected chi connectivity index (χ0v) is 9.18. The molecule has 1 aromatic heterocycles. The van der Waals surface area contributed by atoms with Gasteiger partial charge in [-0.2, -0.15) is 0 Å². The number of rotatable bonds is 2. The summed E-state index contributed by atoms with van der Waals surface area (Å²) in [6.45, 7) is 0. The van der Waals surface area contributed by atoms with Crippen molar-refractivity contribution < 1.29 is 4.39 Å². The zero-order valence-electron chi connectivity index (χ0n) is 9.18. The first-order chi connectivity index (χ1) is 7.58. The SMILES string of the molecule is CN(C)c1cc(N)nn1-c1cccc(F)c1. The fourth-order valence-corrected chi connectivity index (χ4v) is 1.51. The number of hydrogen-bond acceptors (Lipinski definition) is 3. The van der Waals surface area contributed by atoms with Crippen molar-refractivity contribution in [2.75, 3.05) is 24.7 Å². The van der Waals surface area contributed by atoms with Gasteiger partial charge in [-0.3, -0.25) is 0 Å². The molecule has 0 aliphatic heterocycles. The summed E-state index contributed by atoms with van der Waals surface area (Å²) in [5.74, 6) is 0.923. The molecule has 2 aromatic rings. The van der Waals surface area contributed by atoms with Gasteiger partial charge in [0.2, 0.25) is 0 Å². The number of nitrogens with two attached hydrogens (primary N) is 1. The van der Waals surface area contributed by atoms with E-state index in [1.54, 1.807) is 22.9 Å². The molecule has 1 heterocycles. The summed E-state index contributed by atoms with van der Waals surface area (Å²) in [4.78, 5) is 1.87. The smallest absolute Gasteiger partial charge is 0.148 e. The Morgan fingerprint density at radius 1 is 1.31 bits per heavy atom. The van der Waals surface area contributed by atoms with Crippen LogP contribution in [0.2, 0.25) is 0 Å². The van der Waals surface area contributed by atoms with E-state index in [-0.39, 0.29) is 5.82 Å². The Morgan fingerprint density at radius 2 is 2.06 bits per heavy atom. The van der Waals surface area contributed by atoms with Crippen LogP contribution in [0.1, 0.15) is 0 Å². The van der Waals surface area contributed by atoms with Gasteiger partial charge in [0.05, 0.1) is 5.69 Å². The first kappa shape index (κ1) is 10.5. The second kappa shape index (κ2) is 3.84. The molecule has 0 unspecified atom stereocenters. The molecule has 0 radical (unpaired) electrons. The van der Waals surface area contributed by atoms with Crippen molar-refractivity contribution in [1.82, 2.24) is 9.78 Å². The van der Waals surface area contributed by atoms with Crippen molar-refractivity contribution in [1.29, 1.82) is 0 Å². The number of anilines is 2. The summed E-state index contributed by atoms with van der Waals surface area (Å²) in [7, 11) is 3.76. The Bertz CT molecular complexity index is 504. The Kier molecular flexibility index (Phi) is 2.52. The highest BCUT2D eigenvalue weighted by atomic mass is 19.1. The molecule has 0 amide bonds. The first-order valence-electron chi connectivity index (χ1n) is 4.87. The van der Waals surface area contributed by atoms with Crippen LogP contribution < -0.4 is 10.6 Å². The summed E-state index contributed by atoms with van der Waals surface area (Å²) in [5.41, 5.74) is 6.29. The Balaban J connectivity index is 2.55. The third kappa shape index (κ3) is 1.84. The molecule has 1 aromatic carbocycles. The highest BCUT2D eigenvalue weighted by Crippen LogP contribution is 2.20. The number of halogens is 1. The fourth-order valence-electron chi connectivity index (χ4n) is 1.51. The molecule has 2 N–H and O–H groups in total. The molecule has 0 fully saturated rings. The Morgan fingerprint density at radius 3 is 2.69 bits per heavy atom. The van der Waals surface area contributed by atoms with Gasteiger partial charge < -0.3 is 10.6 Å². The zero-order chi connectivity index (χ0) is 11.7. The maximum Gasteiger partial charge on any atom is 0.148 e. The van der Waals surface area contributed by atoms with E-state index >= 15 is 0 Å². The van der Waals surface area contributed by atoms with Gasteiger partial charge in [-0.05, 0) is 18.2 Å². The van der Waals surface area contributed by atoms with Crippen molar-refractivity contribution >= 4 is 11.6 Å². The summed E-state index contributed by atoms with van der Waals surface area (Å²) in [6.07, 6.45) is 0. The molecular weight excluding hydrogens is 207 g/mol. The van der Waals surface area contributed by atoms with Crippen molar-refractivity contribution in [3.8, 4) is 5.69 Å². The molecule has 0 aliphatic carbocycles. The molecule has 2 rings (SSSR count). The van der Waals surface area contributed by atoms with Crippen molar-refractivity contribution in [3.05, 3.63) is 36.1 Å². The van der Waals surface area contributed by atoms with Gasteiger partial charge in [-0.15, -0.1) is 5.10 Å². The van der Waals surface area contributed by atoms with E-state index in [1.807, 2.05) is 19.0 Å². The Hall–Kier alpha value is -2.04. The van der Waals surface area contributed by atoms with E-state index < -0.39 is 0 Å². The first-order valence-corrected chi connectivity index (χ1v) is 4.87. The van der Waals surface area contributed by atoms with Crippen LogP contribution in [-0.2, 0) is 0 Å². The summed E-state index contributed by atoms with van der Waals surface area (Å²) >= 11 is 0. The van der Waals surface area contributed by atoms with E-state index in [2.05, 4.69) is 5.10 Å². The molecule has 4 nitrogen and oxygen atoms in total. The molecule has 0 bridgehead atoms. The topological polar surface area (TPSA) is 47.1 Å². The standard InChI is InChI=1S/C11H13FN4/c1-15(2)11-7-10(13)14-16(11)9-5-3-4-8(12)6-9/h3-7H,1-2H3,(H2,13,14). The normalized spacial score (nSPS) is 10.4. The van der Waals surface area contributed by atoms with Crippen molar-refractivity contribution in [2.45, 2.75) is 0 Å². The van der Waals surface area contributed by atoms with Crippen LogP contribution in [0.15, 0.2) is 30.3 Å². The van der Waals surface area contributed by atoms with Crippen LogP contribution in [0, 0.1) is 5.82 Å². The van der Waals surface area contributed by atoms with Crippen LogP contribution in [0.3, 0.4) is 0 Å². The summed E-state index contributed by atoms with van der Waals surface area (Å²) < 4.78 is 14.7. The quantitative estimate of drug-likeness (QED) is 0.837. The van der Waals surface area contributed by atoms with Gasteiger partial charge in [0, 0.05) is 20.2 Å². The number of nitrogen functional groups attached to an aromatic ring is 1. The average molecular weight is 220 g/mol. The molecule has 84 valence electrons. The van der Waals surface area contributed by atoms with Gasteiger partial charge in [0.15, 0.2) is 0 Å². The minimum absolute atomic E-state index is 0.295. The Labute approximate surface area is 93.1 Å². The van der Waals surface area contributed by atoms with Gasteiger partial charge in [0.25, 0.3) is 0 Å². The van der Waals surface area contributed by atoms with E-state index in [9.17, 15) is 4.39 Å². The van der Waals surface area contributed by atoms with Gasteiger partial charge in [0.1, 0.15) is 17.5 Å². The summed E-state index contributed by atoms with van der Waals surface area (Å²) in [6, 6.07) is 7.97. The predicted octanol–water partition coefficient (Wildman–Crippen LogP) is 1.66. The van der Waals surface area contributed by atoms with Gasteiger partial charge >= 0.3 is 0 Å². The lowest BCUT2D eigenvalue weighted by Crippen LogP contribution is -2.14. The van der Waals surface area contributed by atoms with Crippen molar-refractivity contribution in [2.24, 2.45) is 0 Å². The number of benzene rings is 1. The molecule has 0 atom stereocenters. The maximum absolute atomic E-state index is 13.1. The lowest BCUT2D eigenvalue weighted by Gasteiger charge is -2.14. The second-order valence-electron chi connectivity index (χ2n) is 3.71. The largest absolute Gasteiger partial charge is 0.382 e. The molecule has 0 spiro atoms. The molecule has 5 heteroatoms. The molecule has 0 saturated heterocycles. The summed E-state index contributed by atoms with van der Waals surface area (Å²) in [5, 5.41) is 4.13. The second-order valence-corrected chi connectivity index (χ2v) is 3.71. The third-order valence-electron chi connectivity index (χ3n) is 2.22. The minimum Gasteiger partial charge on any atom is -0.382 e. The van der Waals surface area contributed by atoms with Crippen molar-refractivity contribution in [3.63, 3.8) is 0 Å². The average Bonchev–Trinajstić information content (AvgIpc) is 2.60. The molecule has 0 saturated carbocycles. The van der Waals surface area contributed by atoms with Crippen LogP contribution in [-0.4, -0.2) is 23.9 Å². The highest BCUT2D eigenvalue weighted by Gasteiger charge is 2.09. The third-order valence-corrected chi connectivity index (χ3v) is 2.22. The molecule has 16 heavy (non-hydrogen) atoms. The predicted molar refractivity (Wildman–Crippen MR) is 62.3 cm³/mol. The van der Waals surface area contributed by atoms with Crippen LogP contribution in [0.25, 0.3) is 5.69 Å². The fraction of sp³-hybridized carbons (Fsp3) is 0.182. The van der Waals surface area contributed by atoms with E-state index in [0.29, 0.717) is 11.5 Å². The number of aromatic nitrogens is 2. The molecule has 0 aliphatic rings. The van der Waals surface area contributed by atoms with E-state index in [1.165, 1.54) is 12.1 Å². The van der Waals surface area contributed by atoms with Gasteiger partial charge in [-0.1, -0.05) is 6.07 Å². The molecular formula is C11H13FN4. The minimum atomic E-state index is -0.295.